The van der Waals surface area contributed by atoms with Crippen LogP contribution in [-0.4, -0.2) is 24.5 Å². The summed E-state index contributed by atoms with van der Waals surface area (Å²) < 4.78 is 13.1. The second-order valence-electron chi connectivity index (χ2n) is 4.75. The van der Waals surface area contributed by atoms with Gasteiger partial charge in [-0.05, 0) is 43.5 Å². The summed E-state index contributed by atoms with van der Waals surface area (Å²) in [5.41, 5.74) is 0. The molecule has 17 heavy (non-hydrogen) atoms. The van der Waals surface area contributed by atoms with Crippen LogP contribution in [0.1, 0.15) is 13.3 Å². The average molecular weight is 251 g/mol. The molecule has 0 radical (unpaired) electrons. The molecule has 0 spiro atoms. The Labute approximate surface area is 107 Å². The Balaban J connectivity index is 1.98. The highest BCUT2D eigenvalue weighted by Crippen LogP contribution is 2.36. The predicted molar refractivity (Wildman–Crippen MR) is 71.6 cm³/mol. The van der Waals surface area contributed by atoms with Crippen LogP contribution in [0.15, 0.2) is 40.6 Å². The summed E-state index contributed by atoms with van der Waals surface area (Å²) in [4.78, 5) is 4.44. The molecule has 0 saturated carbocycles. The summed E-state index contributed by atoms with van der Waals surface area (Å²) in [5, 5.41) is 0. The van der Waals surface area contributed by atoms with Crippen LogP contribution in [0.5, 0.6) is 0 Å². The van der Waals surface area contributed by atoms with Crippen molar-refractivity contribution >= 4 is 11.8 Å². The number of hydrogen-bond acceptors (Lipinski definition) is 2. The fraction of sp³-hybridized carbons (Fsp3) is 0.429. The monoisotopic (exact) mass is 251 g/mol. The lowest BCUT2D eigenvalue weighted by molar-refractivity contribution is 0.328. The van der Waals surface area contributed by atoms with Crippen LogP contribution >= 0.6 is 11.8 Å². The number of thioether (sulfide) groups is 1. The molecule has 1 aliphatic rings. The fourth-order valence-electron chi connectivity index (χ4n) is 2.19. The summed E-state index contributed by atoms with van der Waals surface area (Å²) in [5.74, 6) is 0.336. The molecule has 0 bridgehead atoms. The van der Waals surface area contributed by atoms with Gasteiger partial charge in [-0.2, -0.15) is 0 Å². The molecule has 1 saturated heterocycles. The van der Waals surface area contributed by atoms with E-state index in [4.69, 9.17) is 0 Å². The molecular weight excluding hydrogens is 233 g/mol. The third-order valence-corrected chi connectivity index (χ3v) is 4.47. The van der Waals surface area contributed by atoms with Gasteiger partial charge in [0.15, 0.2) is 0 Å². The average Bonchev–Trinajstić information content (AvgIpc) is 2.59. The molecule has 92 valence electrons. The minimum atomic E-state index is -0.181. The highest BCUT2D eigenvalue weighted by atomic mass is 32.2. The standard InChI is InChI=1S/C14H18FNS/c1-10-7-12(9-16(10)3)11(2)17-14-6-4-5-13(15)8-14/h4-6,8,10,12H,2,7,9H2,1,3H3/t10-,12?/m1/s1. The molecule has 0 aromatic heterocycles. The minimum Gasteiger partial charge on any atom is -0.303 e. The van der Waals surface area contributed by atoms with Gasteiger partial charge in [0.2, 0.25) is 0 Å². The number of likely N-dealkylation sites (tertiary alicyclic amines) is 1. The topological polar surface area (TPSA) is 3.24 Å². The Bertz CT molecular complexity index is 408. The number of halogens is 1. The number of hydrogen-bond donors (Lipinski definition) is 0. The van der Waals surface area contributed by atoms with Gasteiger partial charge in [-0.15, -0.1) is 0 Å². The molecule has 1 unspecified atom stereocenters. The van der Waals surface area contributed by atoms with Crippen LogP contribution in [-0.2, 0) is 0 Å². The molecular formula is C14H18FNS. The molecule has 0 aliphatic carbocycles. The van der Waals surface area contributed by atoms with Crippen LogP contribution in [0.25, 0.3) is 0 Å². The van der Waals surface area contributed by atoms with Crippen molar-refractivity contribution in [2.24, 2.45) is 5.92 Å². The van der Waals surface area contributed by atoms with E-state index in [2.05, 4.69) is 25.5 Å². The highest BCUT2D eigenvalue weighted by molar-refractivity contribution is 8.03. The Hall–Kier alpha value is -0.800. The lowest BCUT2D eigenvalue weighted by atomic mass is 10.1. The third-order valence-electron chi connectivity index (χ3n) is 3.39. The third kappa shape index (κ3) is 3.11. The van der Waals surface area contributed by atoms with E-state index in [0.717, 1.165) is 22.8 Å². The van der Waals surface area contributed by atoms with Crippen molar-refractivity contribution in [3.8, 4) is 0 Å². The van der Waals surface area contributed by atoms with Crippen LogP contribution in [0.3, 0.4) is 0 Å². The van der Waals surface area contributed by atoms with Crippen molar-refractivity contribution in [1.82, 2.24) is 4.90 Å². The lowest BCUT2D eigenvalue weighted by Gasteiger charge is -2.13. The quantitative estimate of drug-likeness (QED) is 0.752. The van der Waals surface area contributed by atoms with Crippen LogP contribution in [0, 0.1) is 11.7 Å². The Morgan fingerprint density at radius 1 is 1.53 bits per heavy atom. The van der Waals surface area contributed by atoms with E-state index in [1.807, 2.05) is 6.07 Å². The molecule has 1 aromatic carbocycles. The molecule has 1 heterocycles. The summed E-state index contributed by atoms with van der Waals surface area (Å²) >= 11 is 1.60. The van der Waals surface area contributed by atoms with E-state index >= 15 is 0 Å². The molecule has 2 atom stereocenters. The maximum absolute atomic E-state index is 13.1. The van der Waals surface area contributed by atoms with Crippen LogP contribution in [0.2, 0.25) is 0 Å². The summed E-state index contributed by atoms with van der Waals surface area (Å²) in [6.45, 7) is 7.44. The summed E-state index contributed by atoms with van der Waals surface area (Å²) in [6.07, 6.45) is 1.15. The number of rotatable bonds is 3. The highest BCUT2D eigenvalue weighted by Gasteiger charge is 2.28. The van der Waals surface area contributed by atoms with Gasteiger partial charge in [0.25, 0.3) is 0 Å². The van der Waals surface area contributed by atoms with Gasteiger partial charge >= 0.3 is 0 Å². The van der Waals surface area contributed by atoms with Crippen molar-refractivity contribution < 1.29 is 4.39 Å². The molecule has 2 rings (SSSR count). The van der Waals surface area contributed by atoms with E-state index in [9.17, 15) is 4.39 Å². The smallest absolute Gasteiger partial charge is 0.124 e. The molecule has 1 nitrogen and oxygen atoms in total. The SMILES string of the molecule is C=C(Sc1cccc(F)c1)C1C[C@@H](C)N(C)C1. The van der Waals surface area contributed by atoms with Crippen LogP contribution < -0.4 is 0 Å². The molecule has 3 heteroatoms. The number of benzene rings is 1. The van der Waals surface area contributed by atoms with Gasteiger partial charge in [-0.3, -0.25) is 0 Å². The number of nitrogens with zero attached hydrogens (tertiary/aromatic N) is 1. The lowest BCUT2D eigenvalue weighted by Crippen LogP contribution is -2.21. The van der Waals surface area contributed by atoms with Gasteiger partial charge in [0, 0.05) is 23.4 Å². The van der Waals surface area contributed by atoms with E-state index < -0.39 is 0 Å². The first-order valence-corrected chi connectivity index (χ1v) is 6.70. The zero-order valence-electron chi connectivity index (χ0n) is 10.3. The van der Waals surface area contributed by atoms with Gasteiger partial charge in [-0.25, -0.2) is 4.39 Å². The second kappa shape index (κ2) is 5.23. The molecule has 1 aromatic rings. The van der Waals surface area contributed by atoms with Gasteiger partial charge < -0.3 is 4.90 Å². The maximum atomic E-state index is 13.1. The van der Waals surface area contributed by atoms with Crippen LogP contribution in [0.4, 0.5) is 4.39 Å². The van der Waals surface area contributed by atoms with Gasteiger partial charge in [0.1, 0.15) is 5.82 Å². The zero-order chi connectivity index (χ0) is 12.4. The van der Waals surface area contributed by atoms with Crippen molar-refractivity contribution in [3.05, 3.63) is 41.6 Å². The van der Waals surface area contributed by atoms with E-state index in [0.29, 0.717) is 12.0 Å². The first-order valence-electron chi connectivity index (χ1n) is 5.88. The first kappa shape index (κ1) is 12.7. The van der Waals surface area contributed by atoms with Gasteiger partial charge in [-0.1, -0.05) is 24.4 Å². The fourth-order valence-corrected chi connectivity index (χ4v) is 3.15. The van der Waals surface area contributed by atoms with E-state index in [1.165, 1.54) is 6.07 Å². The summed E-state index contributed by atoms with van der Waals surface area (Å²) in [7, 11) is 2.14. The molecule has 0 amide bonds. The normalized spacial score (nSPS) is 25.1. The molecule has 1 fully saturated rings. The molecule has 1 aliphatic heterocycles. The van der Waals surface area contributed by atoms with E-state index in [1.54, 1.807) is 23.9 Å². The Kier molecular flexibility index (Phi) is 3.89. The van der Waals surface area contributed by atoms with E-state index in [-0.39, 0.29) is 5.82 Å². The predicted octanol–water partition coefficient (Wildman–Crippen LogP) is 3.77. The first-order chi connectivity index (χ1) is 8.06. The largest absolute Gasteiger partial charge is 0.303 e. The van der Waals surface area contributed by atoms with Crippen molar-refractivity contribution in [1.29, 1.82) is 0 Å². The Morgan fingerprint density at radius 2 is 2.29 bits per heavy atom. The van der Waals surface area contributed by atoms with Gasteiger partial charge in [0.05, 0.1) is 0 Å². The zero-order valence-corrected chi connectivity index (χ0v) is 11.1. The summed E-state index contributed by atoms with van der Waals surface area (Å²) in [6, 6.07) is 7.33. The Morgan fingerprint density at radius 3 is 2.88 bits per heavy atom. The minimum absolute atomic E-state index is 0.181. The second-order valence-corrected chi connectivity index (χ2v) is 5.95. The van der Waals surface area contributed by atoms with Crippen molar-refractivity contribution in [2.45, 2.75) is 24.3 Å². The molecule has 0 N–H and O–H groups in total. The van der Waals surface area contributed by atoms with Crippen molar-refractivity contribution in [2.75, 3.05) is 13.6 Å². The maximum Gasteiger partial charge on any atom is 0.124 e. The van der Waals surface area contributed by atoms with Crippen molar-refractivity contribution in [3.63, 3.8) is 0 Å².